The standard InChI is InChI=1S/C24H23Cl3N2/c25-18-7-9-19(10-8-18)29-24(12-16-4-2-1-3-5-16)21-15-28-14-20(21)17-6-11-22(26)23(27)13-17/h1-11,13,20-21,24,28-29H,12,14-15H2. The minimum Gasteiger partial charge on any atom is -0.382 e. The number of hydrogen-bond donors (Lipinski definition) is 2. The predicted octanol–water partition coefficient (Wildman–Crippen LogP) is 6.67. The molecule has 0 radical (unpaired) electrons. The van der Waals surface area contributed by atoms with Gasteiger partial charge in [-0.05, 0) is 59.9 Å². The van der Waals surface area contributed by atoms with E-state index in [1.807, 2.05) is 36.4 Å². The number of hydrogen-bond acceptors (Lipinski definition) is 2. The van der Waals surface area contributed by atoms with E-state index < -0.39 is 0 Å². The first kappa shape index (κ1) is 20.6. The fourth-order valence-electron chi connectivity index (χ4n) is 4.17. The Bertz CT molecular complexity index is 944. The van der Waals surface area contributed by atoms with Crippen molar-refractivity contribution in [2.75, 3.05) is 18.4 Å². The molecule has 1 aliphatic heterocycles. The van der Waals surface area contributed by atoms with Gasteiger partial charge in [-0.15, -0.1) is 0 Å². The van der Waals surface area contributed by atoms with Crippen molar-refractivity contribution >= 4 is 40.5 Å². The average molecular weight is 446 g/mol. The number of nitrogens with one attached hydrogen (secondary N) is 2. The van der Waals surface area contributed by atoms with Gasteiger partial charge in [0, 0.05) is 35.8 Å². The molecule has 3 atom stereocenters. The fraction of sp³-hybridized carbons (Fsp3) is 0.250. The summed E-state index contributed by atoms with van der Waals surface area (Å²) in [6.07, 6.45) is 0.938. The van der Waals surface area contributed by atoms with Gasteiger partial charge in [-0.1, -0.05) is 71.2 Å². The van der Waals surface area contributed by atoms with Crippen molar-refractivity contribution in [1.82, 2.24) is 5.32 Å². The summed E-state index contributed by atoms with van der Waals surface area (Å²) >= 11 is 18.5. The lowest BCUT2D eigenvalue weighted by molar-refractivity contribution is 0.435. The van der Waals surface area contributed by atoms with E-state index >= 15 is 0 Å². The lowest BCUT2D eigenvalue weighted by Crippen LogP contribution is -2.35. The topological polar surface area (TPSA) is 24.1 Å². The predicted molar refractivity (Wildman–Crippen MR) is 125 cm³/mol. The van der Waals surface area contributed by atoms with Gasteiger partial charge in [-0.25, -0.2) is 0 Å². The summed E-state index contributed by atoms with van der Waals surface area (Å²) in [6, 6.07) is 24.8. The normalized spacial score (nSPS) is 19.8. The van der Waals surface area contributed by atoms with E-state index in [1.165, 1.54) is 11.1 Å². The number of halogens is 3. The first-order valence-electron chi connectivity index (χ1n) is 9.82. The second-order valence-corrected chi connectivity index (χ2v) is 8.80. The lowest BCUT2D eigenvalue weighted by atomic mass is 9.81. The molecule has 150 valence electrons. The van der Waals surface area contributed by atoms with Crippen molar-refractivity contribution in [1.29, 1.82) is 0 Å². The molecule has 3 aromatic rings. The monoisotopic (exact) mass is 444 g/mol. The maximum atomic E-state index is 6.31. The van der Waals surface area contributed by atoms with Crippen LogP contribution in [-0.2, 0) is 6.42 Å². The first-order valence-corrected chi connectivity index (χ1v) is 11.0. The summed E-state index contributed by atoms with van der Waals surface area (Å²) in [4.78, 5) is 0. The second-order valence-electron chi connectivity index (χ2n) is 7.55. The SMILES string of the molecule is Clc1ccc(NC(Cc2ccccc2)C2CNCC2c2ccc(Cl)c(Cl)c2)cc1. The summed E-state index contributed by atoms with van der Waals surface area (Å²) in [7, 11) is 0. The zero-order valence-electron chi connectivity index (χ0n) is 15.9. The third kappa shape index (κ3) is 5.07. The van der Waals surface area contributed by atoms with Gasteiger partial charge in [0.1, 0.15) is 0 Å². The van der Waals surface area contributed by atoms with E-state index in [2.05, 4.69) is 47.0 Å². The van der Waals surface area contributed by atoms with Gasteiger partial charge in [0.15, 0.2) is 0 Å². The first-order chi connectivity index (χ1) is 14.1. The van der Waals surface area contributed by atoms with Crippen LogP contribution in [0.3, 0.4) is 0 Å². The van der Waals surface area contributed by atoms with Gasteiger partial charge < -0.3 is 10.6 Å². The van der Waals surface area contributed by atoms with Crippen molar-refractivity contribution in [2.24, 2.45) is 5.92 Å². The number of rotatable bonds is 6. The second kappa shape index (κ2) is 9.40. The molecular weight excluding hydrogens is 423 g/mol. The van der Waals surface area contributed by atoms with Crippen molar-refractivity contribution in [2.45, 2.75) is 18.4 Å². The van der Waals surface area contributed by atoms with Gasteiger partial charge in [0.2, 0.25) is 0 Å². The Kier molecular flexibility index (Phi) is 6.67. The molecule has 0 aliphatic carbocycles. The van der Waals surface area contributed by atoms with Gasteiger partial charge in [-0.3, -0.25) is 0 Å². The van der Waals surface area contributed by atoms with Crippen LogP contribution in [0.2, 0.25) is 15.1 Å². The molecule has 0 saturated carbocycles. The molecule has 3 aromatic carbocycles. The Hall–Kier alpha value is -1.71. The van der Waals surface area contributed by atoms with Crippen LogP contribution in [-0.4, -0.2) is 19.1 Å². The quantitative estimate of drug-likeness (QED) is 0.442. The van der Waals surface area contributed by atoms with Gasteiger partial charge in [0.25, 0.3) is 0 Å². The Morgan fingerprint density at radius 3 is 2.34 bits per heavy atom. The molecule has 2 nitrogen and oxygen atoms in total. The van der Waals surface area contributed by atoms with Crippen LogP contribution < -0.4 is 10.6 Å². The summed E-state index contributed by atoms with van der Waals surface area (Å²) in [5.74, 6) is 0.765. The van der Waals surface area contributed by atoms with Crippen molar-refractivity contribution in [3.8, 4) is 0 Å². The van der Waals surface area contributed by atoms with Crippen LogP contribution in [0.25, 0.3) is 0 Å². The summed E-state index contributed by atoms with van der Waals surface area (Å²) < 4.78 is 0. The largest absolute Gasteiger partial charge is 0.382 e. The van der Waals surface area contributed by atoms with Gasteiger partial charge in [0.05, 0.1) is 10.0 Å². The lowest BCUT2D eigenvalue weighted by Gasteiger charge is -2.30. The van der Waals surface area contributed by atoms with E-state index in [1.54, 1.807) is 0 Å². The molecule has 0 spiro atoms. The van der Waals surface area contributed by atoms with Crippen LogP contribution in [0.15, 0.2) is 72.8 Å². The van der Waals surface area contributed by atoms with E-state index in [0.29, 0.717) is 21.9 Å². The molecule has 2 N–H and O–H groups in total. The summed E-state index contributed by atoms with van der Waals surface area (Å²) in [5, 5.41) is 9.29. The molecule has 29 heavy (non-hydrogen) atoms. The molecule has 1 heterocycles. The molecule has 1 aliphatic rings. The molecule has 3 unspecified atom stereocenters. The fourth-order valence-corrected chi connectivity index (χ4v) is 4.60. The Morgan fingerprint density at radius 1 is 0.862 bits per heavy atom. The molecule has 0 aromatic heterocycles. The molecule has 4 rings (SSSR count). The molecule has 1 saturated heterocycles. The summed E-state index contributed by atoms with van der Waals surface area (Å²) in [6.45, 7) is 1.87. The van der Waals surface area contributed by atoms with Crippen LogP contribution in [0.5, 0.6) is 0 Å². The van der Waals surface area contributed by atoms with E-state index in [9.17, 15) is 0 Å². The van der Waals surface area contributed by atoms with Crippen molar-refractivity contribution in [3.63, 3.8) is 0 Å². The number of benzene rings is 3. The molecule has 0 amide bonds. The summed E-state index contributed by atoms with van der Waals surface area (Å²) in [5.41, 5.74) is 3.62. The smallest absolute Gasteiger partial charge is 0.0595 e. The highest BCUT2D eigenvalue weighted by atomic mass is 35.5. The highest BCUT2D eigenvalue weighted by molar-refractivity contribution is 6.42. The highest BCUT2D eigenvalue weighted by Gasteiger charge is 2.35. The third-order valence-electron chi connectivity index (χ3n) is 5.64. The average Bonchev–Trinajstić information content (AvgIpc) is 3.22. The number of anilines is 1. The van der Waals surface area contributed by atoms with E-state index in [-0.39, 0.29) is 6.04 Å². The van der Waals surface area contributed by atoms with Crippen LogP contribution in [0.4, 0.5) is 5.69 Å². The Morgan fingerprint density at radius 2 is 1.62 bits per heavy atom. The van der Waals surface area contributed by atoms with E-state index in [4.69, 9.17) is 34.8 Å². The minimum absolute atomic E-state index is 0.257. The van der Waals surface area contributed by atoms with Crippen LogP contribution in [0, 0.1) is 5.92 Å². The maximum Gasteiger partial charge on any atom is 0.0595 e. The minimum atomic E-state index is 0.257. The third-order valence-corrected chi connectivity index (χ3v) is 6.64. The highest BCUT2D eigenvalue weighted by Crippen LogP contribution is 2.36. The van der Waals surface area contributed by atoms with Crippen molar-refractivity contribution < 1.29 is 0 Å². The molecular formula is C24H23Cl3N2. The zero-order chi connectivity index (χ0) is 20.2. The van der Waals surface area contributed by atoms with Crippen LogP contribution in [0.1, 0.15) is 17.0 Å². The van der Waals surface area contributed by atoms with Crippen LogP contribution >= 0.6 is 34.8 Å². The Balaban J connectivity index is 1.62. The maximum absolute atomic E-state index is 6.31. The van der Waals surface area contributed by atoms with Crippen molar-refractivity contribution in [3.05, 3.63) is 99.0 Å². The molecule has 0 bridgehead atoms. The van der Waals surface area contributed by atoms with E-state index in [0.717, 1.165) is 30.2 Å². The van der Waals surface area contributed by atoms with Gasteiger partial charge in [-0.2, -0.15) is 0 Å². The zero-order valence-corrected chi connectivity index (χ0v) is 18.2. The molecule has 1 fully saturated rings. The van der Waals surface area contributed by atoms with Gasteiger partial charge >= 0.3 is 0 Å². The molecule has 5 heteroatoms. The Labute approximate surface area is 187 Å².